The molecule has 0 aliphatic heterocycles. The van der Waals surface area contributed by atoms with E-state index in [9.17, 15) is 14.4 Å². The van der Waals surface area contributed by atoms with Crippen LogP contribution in [0.3, 0.4) is 0 Å². The first-order chi connectivity index (χ1) is 13.1. The fraction of sp³-hybridized carbons (Fsp3) is 0.500. The summed E-state index contributed by atoms with van der Waals surface area (Å²) in [5, 5.41) is 8.36. The number of unbranched alkanes of at least 4 members (excludes halogenated alkanes) is 7. The lowest BCUT2D eigenvalue weighted by atomic mass is 10.1. The molecule has 150 valence electrons. The summed E-state index contributed by atoms with van der Waals surface area (Å²) in [6.07, 6.45) is 23.6. The molecule has 0 spiro atoms. The topological polar surface area (TPSA) is 80.7 Å². The number of carboxylic acids is 1. The predicted octanol–water partition coefficient (Wildman–Crippen LogP) is 5.29. The average molecular weight is 376 g/mol. The summed E-state index contributed by atoms with van der Waals surface area (Å²) in [6.45, 7) is 2.19. The van der Waals surface area contributed by atoms with E-state index in [0.29, 0.717) is 12.5 Å². The predicted molar refractivity (Wildman–Crippen MR) is 107 cm³/mol. The van der Waals surface area contributed by atoms with Crippen LogP contribution in [-0.4, -0.2) is 23.0 Å². The van der Waals surface area contributed by atoms with Crippen LogP contribution < -0.4 is 0 Å². The van der Waals surface area contributed by atoms with Gasteiger partial charge in [0.05, 0.1) is 0 Å². The number of esters is 2. The Kier molecular flexibility index (Phi) is 16.7. The van der Waals surface area contributed by atoms with Crippen molar-refractivity contribution in [3.63, 3.8) is 0 Å². The number of aliphatic carboxylic acids is 1. The molecule has 0 aliphatic carbocycles. The Morgan fingerprint density at radius 2 is 1.37 bits per heavy atom. The second kappa shape index (κ2) is 18.4. The summed E-state index contributed by atoms with van der Waals surface area (Å²) in [5.41, 5.74) is 0. The molecule has 5 heteroatoms. The van der Waals surface area contributed by atoms with Gasteiger partial charge in [-0.2, -0.15) is 0 Å². The van der Waals surface area contributed by atoms with Crippen LogP contribution in [0, 0.1) is 0 Å². The molecule has 0 aromatic carbocycles. The largest absolute Gasteiger partial charge is 0.478 e. The van der Waals surface area contributed by atoms with Crippen molar-refractivity contribution in [3.05, 3.63) is 48.6 Å². The molecule has 0 rings (SSSR count). The highest BCUT2D eigenvalue weighted by molar-refractivity contribution is 5.95. The fourth-order valence-electron chi connectivity index (χ4n) is 2.20. The van der Waals surface area contributed by atoms with Crippen molar-refractivity contribution in [2.75, 3.05) is 0 Å². The second-order valence-electron chi connectivity index (χ2n) is 6.15. The molecule has 0 amide bonds. The van der Waals surface area contributed by atoms with E-state index >= 15 is 0 Å². The summed E-state index contributed by atoms with van der Waals surface area (Å²) >= 11 is 0. The van der Waals surface area contributed by atoms with E-state index in [1.165, 1.54) is 12.8 Å². The Morgan fingerprint density at radius 1 is 0.778 bits per heavy atom. The number of allylic oxidation sites excluding steroid dienone is 6. The smallest absolute Gasteiger partial charge is 0.338 e. The van der Waals surface area contributed by atoms with E-state index in [0.717, 1.165) is 44.6 Å². The molecule has 0 aromatic heterocycles. The molecule has 1 N–H and O–H groups in total. The summed E-state index contributed by atoms with van der Waals surface area (Å²) < 4.78 is 4.47. The van der Waals surface area contributed by atoms with Gasteiger partial charge in [-0.1, -0.05) is 75.5 Å². The van der Waals surface area contributed by atoms with E-state index < -0.39 is 17.9 Å². The van der Waals surface area contributed by atoms with Gasteiger partial charge in [0.15, 0.2) is 0 Å². The third-order valence-corrected chi connectivity index (χ3v) is 3.66. The number of carbonyl (C=O) groups excluding carboxylic acids is 2. The van der Waals surface area contributed by atoms with Crippen molar-refractivity contribution in [1.29, 1.82) is 0 Å². The van der Waals surface area contributed by atoms with Crippen molar-refractivity contribution < 1.29 is 24.2 Å². The summed E-state index contributed by atoms with van der Waals surface area (Å²) in [6, 6.07) is 0. The van der Waals surface area contributed by atoms with E-state index in [1.54, 1.807) is 0 Å². The lowest BCUT2D eigenvalue weighted by Gasteiger charge is -2.01. The van der Waals surface area contributed by atoms with Gasteiger partial charge in [-0.3, -0.25) is 4.79 Å². The van der Waals surface area contributed by atoms with Crippen LogP contribution in [0.25, 0.3) is 0 Å². The highest BCUT2D eigenvalue weighted by Crippen LogP contribution is 2.08. The van der Waals surface area contributed by atoms with Gasteiger partial charge < -0.3 is 9.84 Å². The first-order valence-electron chi connectivity index (χ1n) is 9.70. The number of hydrogen-bond donors (Lipinski definition) is 1. The van der Waals surface area contributed by atoms with Crippen molar-refractivity contribution in [2.24, 2.45) is 0 Å². The summed E-state index contributed by atoms with van der Waals surface area (Å²) in [4.78, 5) is 32.7. The van der Waals surface area contributed by atoms with E-state index in [1.807, 2.05) is 12.2 Å². The minimum Gasteiger partial charge on any atom is -0.478 e. The Hall–Kier alpha value is -2.43. The number of hydrogen-bond acceptors (Lipinski definition) is 4. The van der Waals surface area contributed by atoms with Crippen LogP contribution in [0.4, 0.5) is 0 Å². The normalized spacial score (nSPS) is 11.9. The maximum absolute atomic E-state index is 11.4. The molecular weight excluding hydrogens is 344 g/mol. The highest BCUT2D eigenvalue weighted by Gasteiger charge is 2.07. The van der Waals surface area contributed by atoms with Gasteiger partial charge in [-0.15, -0.1) is 0 Å². The molecule has 27 heavy (non-hydrogen) atoms. The third-order valence-electron chi connectivity index (χ3n) is 3.66. The molecular formula is C22H32O5. The maximum Gasteiger partial charge on any atom is 0.338 e. The zero-order valence-corrected chi connectivity index (χ0v) is 16.3. The molecule has 0 saturated carbocycles. The molecule has 0 atom stereocenters. The molecule has 0 fully saturated rings. The van der Waals surface area contributed by atoms with Crippen LogP contribution in [0.15, 0.2) is 48.6 Å². The van der Waals surface area contributed by atoms with Crippen LogP contribution >= 0.6 is 0 Å². The minimum absolute atomic E-state index is 0.170. The van der Waals surface area contributed by atoms with Crippen molar-refractivity contribution >= 4 is 17.9 Å². The first kappa shape index (κ1) is 24.6. The summed E-state index contributed by atoms with van der Waals surface area (Å²) in [7, 11) is 0. The first-order valence-corrected chi connectivity index (χ1v) is 9.70. The lowest BCUT2D eigenvalue weighted by Crippen LogP contribution is -2.10. The van der Waals surface area contributed by atoms with Crippen LogP contribution in [0.1, 0.15) is 71.1 Å². The molecule has 0 radical (unpaired) electrons. The lowest BCUT2D eigenvalue weighted by molar-refractivity contribution is -0.156. The Balaban J connectivity index is 3.53. The molecule has 0 aliphatic rings. The molecule has 0 aromatic rings. The zero-order chi connectivity index (χ0) is 20.2. The van der Waals surface area contributed by atoms with Crippen LogP contribution in [0.5, 0.6) is 0 Å². The van der Waals surface area contributed by atoms with Gasteiger partial charge in [0.2, 0.25) is 0 Å². The summed E-state index contributed by atoms with van der Waals surface area (Å²) in [5.74, 6) is -2.82. The van der Waals surface area contributed by atoms with Crippen molar-refractivity contribution in [1.82, 2.24) is 0 Å². The van der Waals surface area contributed by atoms with Crippen molar-refractivity contribution in [3.8, 4) is 0 Å². The Morgan fingerprint density at radius 3 is 2.00 bits per heavy atom. The standard InChI is InChI=1S/C22H32O5/c1-2-3-4-5-6-7-8-9-10-11-12-13-14-15-16-17-21(25)27-22(26)19-18-20(23)24/h5-10,18-19H,2-4,11-17H2,1H3,(H,23,24)/b6-5?,8-7?,10-9?,19-18-. The van der Waals surface area contributed by atoms with Crippen molar-refractivity contribution in [2.45, 2.75) is 71.1 Å². The second-order valence-corrected chi connectivity index (χ2v) is 6.15. The van der Waals surface area contributed by atoms with Gasteiger partial charge in [0, 0.05) is 18.6 Å². The number of rotatable bonds is 15. The highest BCUT2D eigenvalue weighted by atomic mass is 16.6. The molecule has 0 bridgehead atoms. The quantitative estimate of drug-likeness (QED) is 0.138. The average Bonchev–Trinajstić information content (AvgIpc) is 2.63. The fourth-order valence-corrected chi connectivity index (χ4v) is 2.20. The molecule has 0 unspecified atom stereocenters. The Labute approximate surface area is 162 Å². The molecule has 0 saturated heterocycles. The monoisotopic (exact) mass is 376 g/mol. The zero-order valence-electron chi connectivity index (χ0n) is 16.3. The van der Waals surface area contributed by atoms with E-state index in [-0.39, 0.29) is 6.42 Å². The number of carbonyl (C=O) groups is 3. The molecule has 5 nitrogen and oxygen atoms in total. The SMILES string of the molecule is CCCCC=CC=CC=CCCCCCCCC(=O)OC(=O)/C=C\C(=O)O. The van der Waals surface area contributed by atoms with Gasteiger partial charge >= 0.3 is 17.9 Å². The van der Waals surface area contributed by atoms with Gasteiger partial charge in [0.1, 0.15) is 0 Å². The van der Waals surface area contributed by atoms with Gasteiger partial charge in [-0.25, -0.2) is 9.59 Å². The maximum atomic E-state index is 11.4. The third kappa shape index (κ3) is 19.7. The number of carboxylic acid groups (broad SMARTS) is 1. The van der Waals surface area contributed by atoms with E-state index in [4.69, 9.17) is 5.11 Å². The Bertz CT molecular complexity index is 541. The minimum atomic E-state index is -1.26. The van der Waals surface area contributed by atoms with Gasteiger partial charge in [-0.05, 0) is 25.7 Å². The van der Waals surface area contributed by atoms with E-state index in [2.05, 4.69) is 36.0 Å². The molecule has 0 heterocycles. The van der Waals surface area contributed by atoms with Gasteiger partial charge in [0.25, 0.3) is 0 Å². The van der Waals surface area contributed by atoms with Crippen LogP contribution in [0.2, 0.25) is 0 Å². The van der Waals surface area contributed by atoms with Crippen LogP contribution in [-0.2, 0) is 19.1 Å². The number of ether oxygens (including phenoxy) is 1.